The number of nitrogens with zero attached hydrogens (tertiary/aromatic N) is 1. The van der Waals surface area contributed by atoms with Crippen LogP contribution in [0.3, 0.4) is 0 Å². The highest BCUT2D eigenvalue weighted by Gasteiger charge is 2.38. The van der Waals surface area contributed by atoms with Crippen molar-refractivity contribution in [3.8, 4) is 0 Å². The molecule has 1 fully saturated rings. The van der Waals surface area contributed by atoms with E-state index >= 15 is 0 Å². The van der Waals surface area contributed by atoms with E-state index in [2.05, 4.69) is 27.8 Å². The monoisotopic (exact) mass is 316 g/mol. The van der Waals surface area contributed by atoms with Crippen LogP contribution in [-0.2, 0) is 9.59 Å². The Kier molecular flexibility index (Phi) is 4.96. The van der Waals surface area contributed by atoms with Crippen LogP contribution in [0, 0.1) is 5.41 Å². The fourth-order valence-electron chi connectivity index (χ4n) is 2.01. The Labute approximate surface area is 117 Å². The van der Waals surface area contributed by atoms with Crippen molar-refractivity contribution in [2.45, 2.75) is 39.7 Å². The molecule has 1 atom stereocenters. The molecule has 0 aromatic heterocycles. The van der Waals surface area contributed by atoms with Crippen molar-refractivity contribution in [3.63, 3.8) is 0 Å². The van der Waals surface area contributed by atoms with Gasteiger partial charge in [-0.15, -0.1) is 0 Å². The molecule has 1 unspecified atom stereocenters. The molecule has 18 heavy (non-hydrogen) atoms. The molecule has 1 saturated heterocycles. The van der Waals surface area contributed by atoms with Crippen molar-refractivity contribution in [2.75, 3.05) is 13.1 Å². The van der Waals surface area contributed by atoms with E-state index in [9.17, 15) is 9.59 Å². The number of halogens is 1. The summed E-state index contributed by atoms with van der Waals surface area (Å²) in [5, 5.41) is 2.78. The molecule has 0 radical (unpaired) electrons. The average molecular weight is 317 g/mol. The van der Waals surface area contributed by atoms with E-state index in [1.807, 2.05) is 20.8 Å². The first kappa shape index (κ1) is 15.2. The maximum Gasteiger partial charge on any atom is 0.243 e. The van der Waals surface area contributed by atoms with Gasteiger partial charge in [0.1, 0.15) is 6.04 Å². The molecule has 1 rings (SSSR count). The van der Waals surface area contributed by atoms with Gasteiger partial charge >= 0.3 is 0 Å². The smallest absolute Gasteiger partial charge is 0.243 e. The van der Waals surface area contributed by atoms with E-state index < -0.39 is 5.41 Å². The van der Waals surface area contributed by atoms with Gasteiger partial charge in [-0.2, -0.15) is 0 Å². The number of hydrogen-bond acceptors (Lipinski definition) is 2. The molecule has 0 bridgehead atoms. The lowest BCUT2D eigenvalue weighted by atomic mass is 9.94. The Morgan fingerprint density at radius 1 is 1.44 bits per heavy atom. The lowest BCUT2D eigenvalue weighted by Gasteiger charge is -2.30. The lowest BCUT2D eigenvalue weighted by molar-refractivity contribution is -0.144. The molecule has 102 valence electrons. The Morgan fingerprint density at radius 2 is 2.06 bits per heavy atom. The molecule has 0 aliphatic carbocycles. The molecule has 2 amide bonds. The number of likely N-dealkylation sites (tertiary alicyclic amines) is 1. The number of nitrogens with one attached hydrogen (secondary N) is 1. The van der Waals surface area contributed by atoms with Crippen LogP contribution in [0.2, 0.25) is 0 Å². The van der Waals surface area contributed by atoms with Crippen LogP contribution in [0.1, 0.15) is 33.6 Å². The second-order valence-electron chi connectivity index (χ2n) is 5.64. The van der Waals surface area contributed by atoms with Crippen molar-refractivity contribution < 1.29 is 9.59 Å². The van der Waals surface area contributed by atoms with E-state index in [-0.39, 0.29) is 17.9 Å². The zero-order valence-corrected chi connectivity index (χ0v) is 12.8. The minimum Gasteiger partial charge on any atom is -0.350 e. The molecule has 5 heteroatoms. The van der Waals surface area contributed by atoms with Crippen LogP contribution in [0.15, 0.2) is 11.1 Å². The SMILES string of the molecule is C=C(Br)CNC(=O)C1CCCN1C(=O)C(C)(C)C. The highest BCUT2D eigenvalue weighted by atomic mass is 79.9. The fourth-order valence-corrected chi connectivity index (χ4v) is 2.15. The summed E-state index contributed by atoms with van der Waals surface area (Å²) in [4.78, 5) is 26.0. The van der Waals surface area contributed by atoms with Crippen LogP contribution in [-0.4, -0.2) is 35.8 Å². The summed E-state index contributed by atoms with van der Waals surface area (Å²) in [5.41, 5.74) is -0.443. The number of carbonyl (C=O) groups is 2. The molecule has 0 saturated carbocycles. The third kappa shape index (κ3) is 3.83. The normalized spacial score (nSPS) is 19.8. The minimum atomic E-state index is -0.443. The summed E-state index contributed by atoms with van der Waals surface area (Å²) < 4.78 is 0.725. The maximum absolute atomic E-state index is 12.2. The third-order valence-corrected chi connectivity index (χ3v) is 3.19. The van der Waals surface area contributed by atoms with Gasteiger partial charge in [0.15, 0.2) is 0 Å². The van der Waals surface area contributed by atoms with Crippen molar-refractivity contribution in [1.29, 1.82) is 0 Å². The summed E-state index contributed by atoms with van der Waals surface area (Å²) in [6.45, 7) is 10.4. The number of rotatable bonds is 3. The van der Waals surface area contributed by atoms with Gasteiger partial charge in [0.2, 0.25) is 11.8 Å². The first-order chi connectivity index (χ1) is 8.23. The van der Waals surface area contributed by atoms with Gasteiger partial charge in [0.05, 0.1) is 0 Å². The Bertz CT molecular complexity index is 360. The van der Waals surface area contributed by atoms with Crippen molar-refractivity contribution in [3.05, 3.63) is 11.1 Å². The quantitative estimate of drug-likeness (QED) is 0.866. The summed E-state index contributed by atoms with van der Waals surface area (Å²) in [6.07, 6.45) is 1.62. The number of carbonyl (C=O) groups excluding carboxylic acids is 2. The van der Waals surface area contributed by atoms with Crippen LogP contribution < -0.4 is 5.32 Å². The van der Waals surface area contributed by atoms with Gasteiger partial charge in [-0.1, -0.05) is 43.3 Å². The molecule has 1 aliphatic rings. The summed E-state index contributed by atoms with van der Waals surface area (Å²) in [6, 6.07) is -0.330. The Morgan fingerprint density at radius 3 is 2.56 bits per heavy atom. The largest absolute Gasteiger partial charge is 0.350 e. The highest BCUT2D eigenvalue weighted by Crippen LogP contribution is 2.25. The van der Waals surface area contributed by atoms with E-state index in [1.165, 1.54) is 0 Å². The molecule has 1 heterocycles. The molecule has 1 aliphatic heterocycles. The molecule has 4 nitrogen and oxygen atoms in total. The van der Waals surface area contributed by atoms with Crippen LogP contribution >= 0.6 is 15.9 Å². The van der Waals surface area contributed by atoms with Crippen molar-refractivity contribution in [2.24, 2.45) is 5.41 Å². The predicted molar refractivity (Wildman–Crippen MR) is 75.3 cm³/mol. The van der Waals surface area contributed by atoms with Gasteiger partial charge < -0.3 is 10.2 Å². The molecule has 0 spiro atoms. The minimum absolute atomic E-state index is 0.0396. The van der Waals surface area contributed by atoms with Gasteiger partial charge in [-0.3, -0.25) is 9.59 Å². The molecule has 1 N–H and O–H groups in total. The van der Waals surface area contributed by atoms with E-state index in [1.54, 1.807) is 4.90 Å². The Balaban J connectivity index is 2.67. The fraction of sp³-hybridized carbons (Fsp3) is 0.692. The predicted octanol–water partition coefficient (Wildman–Crippen LogP) is 2.05. The second kappa shape index (κ2) is 5.87. The first-order valence-electron chi connectivity index (χ1n) is 6.15. The van der Waals surface area contributed by atoms with Gasteiger partial charge in [0, 0.05) is 23.0 Å². The third-order valence-electron chi connectivity index (χ3n) is 2.91. The second-order valence-corrected chi connectivity index (χ2v) is 6.76. The Hall–Kier alpha value is -0.840. The lowest BCUT2D eigenvalue weighted by Crippen LogP contribution is -2.49. The van der Waals surface area contributed by atoms with Crippen LogP contribution in [0.25, 0.3) is 0 Å². The number of hydrogen-bond donors (Lipinski definition) is 1. The van der Waals surface area contributed by atoms with Gasteiger partial charge in [0.25, 0.3) is 0 Å². The molecular formula is C13H21BrN2O2. The van der Waals surface area contributed by atoms with Gasteiger partial charge in [-0.05, 0) is 12.8 Å². The van der Waals surface area contributed by atoms with Crippen molar-refractivity contribution in [1.82, 2.24) is 10.2 Å². The topological polar surface area (TPSA) is 49.4 Å². The first-order valence-corrected chi connectivity index (χ1v) is 6.95. The van der Waals surface area contributed by atoms with E-state index in [0.29, 0.717) is 13.1 Å². The number of amides is 2. The molecule has 0 aromatic carbocycles. The maximum atomic E-state index is 12.2. The summed E-state index contributed by atoms with van der Waals surface area (Å²) in [7, 11) is 0. The zero-order valence-electron chi connectivity index (χ0n) is 11.3. The van der Waals surface area contributed by atoms with E-state index in [4.69, 9.17) is 0 Å². The zero-order chi connectivity index (χ0) is 13.9. The van der Waals surface area contributed by atoms with Crippen LogP contribution in [0.5, 0.6) is 0 Å². The van der Waals surface area contributed by atoms with Gasteiger partial charge in [-0.25, -0.2) is 0 Å². The van der Waals surface area contributed by atoms with E-state index in [0.717, 1.165) is 17.3 Å². The summed E-state index contributed by atoms with van der Waals surface area (Å²) in [5.74, 6) is -0.0523. The summed E-state index contributed by atoms with van der Waals surface area (Å²) >= 11 is 3.20. The molecular weight excluding hydrogens is 296 g/mol. The average Bonchev–Trinajstić information content (AvgIpc) is 2.71. The van der Waals surface area contributed by atoms with Crippen LogP contribution in [0.4, 0.5) is 0 Å². The molecule has 0 aromatic rings. The van der Waals surface area contributed by atoms with Crippen molar-refractivity contribution >= 4 is 27.7 Å². The standard InChI is InChI=1S/C13H21BrN2O2/c1-9(14)8-15-11(17)10-6-5-7-16(10)12(18)13(2,3)4/h10H,1,5-8H2,2-4H3,(H,15,17). The highest BCUT2D eigenvalue weighted by molar-refractivity contribution is 9.11.